The molecular formula is C14H16BrN3O. The number of nitrogens with zero attached hydrogens (tertiary/aromatic N) is 2. The number of fused-ring (bicyclic) bond motifs is 1. The second-order valence-electron chi connectivity index (χ2n) is 5.06. The van der Waals surface area contributed by atoms with E-state index in [1.54, 1.807) is 10.9 Å². The van der Waals surface area contributed by atoms with E-state index in [-0.39, 0.29) is 5.56 Å². The number of hydrogen-bond donors (Lipinski definition) is 1. The van der Waals surface area contributed by atoms with Crippen LogP contribution in [0.5, 0.6) is 0 Å². The van der Waals surface area contributed by atoms with Gasteiger partial charge in [-0.3, -0.25) is 9.36 Å². The summed E-state index contributed by atoms with van der Waals surface area (Å²) in [6.45, 7) is 2.87. The molecule has 19 heavy (non-hydrogen) atoms. The molecule has 3 rings (SSSR count). The normalized spacial score (nSPS) is 16.9. The average Bonchev–Trinajstić information content (AvgIpc) is 2.44. The van der Waals surface area contributed by atoms with Crippen LogP contribution in [0.25, 0.3) is 10.9 Å². The molecule has 1 saturated heterocycles. The van der Waals surface area contributed by atoms with Crippen molar-refractivity contribution in [3.63, 3.8) is 0 Å². The summed E-state index contributed by atoms with van der Waals surface area (Å²) in [5, 5.41) is 4.03. The molecule has 0 spiro atoms. The van der Waals surface area contributed by atoms with E-state index in [0.717, 1.165) is 42.5 Å². The third-order valence-electron chi connectivity index (χ3n) is 3.70. The minimum absolute atomic E-state index is 0.0600. The van der Waals surface area contributed by atoms with E-state index in [4.69, 9.17) is 0 Å². The Hall–Kier alpha value is -1.20. The Bertz CT molecular complexity index is 647. The highest BCUT2D eigenvalue weighted by atomic mass is 79.9. The first-order chi connectivity index (χ1) is 9.24. The number of nitrogens with one attached hydrogen (secondary N) is 1. The first-order valence-corrected chi connectivity index (χ1v) is 7.39. The Balaban J connectivity index is 1.95. The summed E-state index contributed by atoms with van der Waals surface area (Å²) >= 11 is 3.41. The molecular weight excluding hydrogens is 306 g/mol. The van der Waals surface area contributed by atoms with E-state index in [1.165, 1.54) is 0 Å². The summed E-state index contributed by atoms with van der Waals surface area (Å²) < 4.78 is 2.67. The van der Waals surface area contributed by atoms with Gasteiger partial charge in [-0.1, -0.05) is 15.9 Å². The lowest BCUT2D eigenvalue weighted by atomic mass is 9.98. The summed E-state index contributed by atoms with van der Waals surface area (Å²) in [5.41, 5.74) is 0.819. The van der Waals surface area contributed by atoms with Crippen molar-refractivity contribution in [3.05, 3.63) is 39.4 Å². The van der Waals surface area contributed by atoms with Gasteiger partial charge in [0.15, 0.2) is 0 Å². The zero-order valence-electron chi connectivity index (χ0n) is 10.6. The predicted molar refractivity (Wildman–Crippen MR) is 79.3 cm³/mol. The van der Waals surface area contributed by atoms with Gasteiger partial charge in [0, 0.05) is 11.0 Å². The summed E-state index contributed by atoms with van der Waals surface area (Å²) in [6, 6.07) is 5.63. The molecule has 2 heterocycles. The molecule has 2 aromatic rings. The summed E-state index contributed by atoms with van der Waals surface area (Å²) in [4.78, 5) is 16.8. The monoisotopic (exact) mass is 321 g/mol. The quantitative estimate of drug-likeness (QED) is 0.922. The molecule has 5 heteroatoms. The second-order valence-corrected chi connectivity index (χ2v) is 5.97. The maximum absolute atomic E-state index is 12.4. The zero-order chi connectivity index (χ0) is 13.2. The van der Waals surface area contributed by atoms with E-state index in [1.807, 2.05) is 18.2 Å². The van der Waals surface area contributed by atoms with Gasteiger partial charge in [-0.05, 0) is 50.0 Å². The van der Waals surface area contributed by atoms with Gasteiger partial charge in [0.25, 0.3) is 5.56 Å². The van der Waals surface area contributed by atoms with Gasteiger partial charge in [0.1, 0.15) is 0 Å². The highest BCUT2D eigenvalue weighted by Crippen LogP contribution is 2.16. The SMILES string of the molecule is O=c1c2cc(Br)ccc2ncn1CC1CCNCC1. The molecule has 100 valence electrons. The molecule has 1 aromatic heterocycles. The Morgan fingerprint density at radius 2 is 2.16 bits per heavy atom. The van der Waals surface area contributed by atoms with Crippen LogP contribution in [0.1, 0.15) is 12.8 Å². The van der Waals surface area contributed by atoms with Crippen molar-refractivity contribution in [1.82, 2.24) is 14.9 Å². The van der Waals surface area contributed by atoms with Crippen molar-refractivity contribution in [2.24, 2.45) is 5.92 Å². The van der Waals surface area contributed by atoms with Crippen molar-refractivity contribution >= 4 is 26.8 Å². The van der Waals surface area contributed by atoms with Gasteiger partial charge in [-0.2, -0.15) is 0 Å². The Morgan fingerprint density at radius 3 is 2.95 bits per heavy atom. The van der Waals surface area contributed by atoms with Gasteiger partial charge in [-0.25, -0.2) is 4.98 Å². The molecule has 1 fully saturated rings. The van der Waals surface area contributed by atoms with Crippen LogP contribution < -0.4 is 10.9 Å². The van der Waals surface area contributed by atoms with Gasteiger partial charge in [0.2, 0.25) is 0 Å². The smallest absolute Gasteiger partial charge is 0.261 e. The predicted octanol–water partition coefficient (Wildman–Crippen LogP) is 2.16. The van der Waals surface area contributed by atoms with E-state index in [9.17, 15) is 4.79 Å². The van der Waals surface area contributed by atoms with E-state index in [0.29, 0.717) is 11.3 Å². The minimum atomic E-state index is 0.0600. The maximum atomic E-state index is 12.4. The number of benzene rings is 1. The summed E-state index contributed by atoms with van der Waals surface area (Å²) in [7, 11) is 0. The van der Waals surface area contributed by atoms with E-state index >= 15 is 0 Å². The minimum Gasteiger partial charge on any atom is -0.317 e. The van der Waals surface area contributed by atoms with Crippen LogP contribution in [0.3, 0.4) is 0 Å². The summed E-state index contributed by atoms with van der Waals surface area (Å²) in [6.07, 6.45) is 3.94. The van der Waals surface area contributed by atoms with Crippen LogP contribution in [-0.4, -0.2) is 22.6 Å². The number of aromatic nitrogens is 2. The number of halogens is 1. The van der Waals surface area contributed by atoms with Gasteiger partial charge < -0.3 is 5.32 Å². The highest BCUT2D eigenvalue weighted by Gasteiger charge is 2.15. The molecule has 0 saturated carbocycles. The zero-order valence-corrected chi connectivity index (χ0v) is 12.2. The van der Waals surface area contributed by atoms with Crippen LogP contribution in [0, 0.1) is 5.92 Å². The Kier molecular flexibility index (Phi) is 3.66. The van der Waals surface area contributed by atoms with Crippen LogP contribution in [0.4, 0.5) is 0 Å². The molecule has 0 radical (unpaired) electrons. The molecule has 0 aliphatic carbocycles. The standard InChI is InChI=1S/C14H16BrN3O/c15-11-1-2-13-12(7-11)14(19)18(9-17-13)8-10-3-5-16-6-4-10/h1-2,7,9-10,16H,3-6,8H2. The molecule has 1 aliphatic rings. The molecule has 0 amide bonds. The highest BCUT2D eigenvalue weighted by molar-refractivity contribution is 9.10. The van der Waals surface area contributed by atoms with Crippen molar-refractivity contribution in [3.8, 4) is 0 Å². The fourth-order valence-corrected chi connectivity index (χ4v) is 2.96. The van der Waals surface area contributed by atoms with Crippen LogP contribution in [0.2, 0.25) is 0 Å². The fraction of sp³-hybridized carbons (Fsp3) is 0.429. The largest absolute Gasteiger partial charge is 0.317 e. The molecule has 0 atom stereocenters. The van der Waals surface area contributed by atoms with Crippen molar-refractivity contribution in [1.29, 1.82) is 0 Å². The van der Waals surface area contributed by atoms with Crippen LogP contribution >= 0.6 is 15.9 Å². The Morgan fingerprint density at radius 1 is 1.37 bits per heavy atom. The second kappa shape index (κ2) is 5.43. The summed E-state index contributed by atoms with van der Waals surface area (Å²) in [5.74, 6) is 0.574. The van der Waals surface area contributed by atoms with Gasteiger partial charge in [0.05, 0.1) is 17.2 Å². The first kappa shape index (κ1) is 12.8. The lowest BCUT2D eigenvalue weighted by molar-refractivity contribution is 0.329. The van der Waals surface area contributed by atoms with E-state index in [2.05, 4.69) is 26.2 Å². The van der Waals surface area contributed by atoms with Crippen molar-refractivity contribution < 1.29 is 0 Å². The van der Waals surface area contributed by atoms with Crippen molar-refractivity contribution in [2.75, 3.05) is 13.1 Å². The van der Waals surface area contributed by atoms with Crippen LogP contribution in [0.15, 0.2) is 33.8 Å². The first-order valence-electron chi connectivity index (χ1n) is 6.59. The van der Waals surface area contributed by atoms with Crippen molar-refractivity contribution in [2.45, 2.75) is 19.4 Å². The molecule has 1 N–H and O–H groups in total. The number of hydrogen-bond acceptors (Lipinski definition) is 3. The fourth-order valence-electron chi connectivity index (χ4n) is 2.60. The number of piperidine rings is 1. The molecule has 1 aromatic carbocycles. The Labute approximate surface area is 120 Å². The molecule has 0 bridgehead atoms. The molecule has 4 nitrogen and oxygen atoms in total. The lowest BCUT2D eigenvalue weighted by Gasteiger charge is -2.23. The third kappa shape index (κ3) is 2.72. The molecule has 1 aliphatic heterocycles. The van der Waals surface area contributed by atoms with Gasteiger partial charge in [-0.15, -0.1) is 0 Å². The lowest BCUT2D eigenvalue weighted by Crippen LogP contribution is -2.32. The van der Waals surface area contributed by atoms with Crippen LogP contribution in [-0.2, 0) is 6.54 Å². The number of rotatable bonds is 2. The maximum Gasteiger partial charge on any atom is 0.261 e. The third-order valence-corrected chi connectivity index (χ3v) is 4.19. The topological polar surface area (TPSA) is 46.9 Å². The van der Waals surface area contributed by atoms with Gasteiger partial charge >= 0.3 is 0 Å². The average molecular weight is 322 g/mol. The van der Waals surface area contributed by atoms with E-state index < -0.39 is 0 Å². The molecule has 0 unspecified atom stereocenters.